The molecule has 8 nitrogen and oxygen atoms in total. The van der Waals surface area contributed by atoms with E-state index in [-0.39, 0.29) is 11.5 Å². The highest BCUT2D eigenvalue weighted by Crippen LogP contribution is 2.27. The van der Waals surface area contributed by atoms with E-state index in [0.29, 0.717) is 30.2 Å². The molecular formula is C20H24N2O6. The third-order valence-corrected chi connectivity index (χ3v) is 4.03. The fourth-order valence-corrected chi connectivity index (χ4v) is 2.44. The number of nitrogens with zero attached hydrogens (tertiary/aromatic N) is 1. The van der Waals surface area contributed by atoms with Crippen LogP contribution in [0.4, 0.5) is 0 Å². The van der Waals surface area contributed by atoms with Gasteiger partial charge in [0.05, 0.1) is 14.2 Å². The van der Waals surface area contributed by atoms with Crippen LogP contribution in [-0.4, -0.2) is 38.4 Å². The molecule has 150 valence electrons. The molecule has 1 heterocycles. The summed E-state index contributed by atoms with van der Waals surface area (Å²) in [6.07, 6.45) is 0.559. The number of benzene rings is 1. The summed E-state index contributed by atoms with van der Waals surface area (Å²) in [4.78, 5) is 28.3. The van der Waals surface area contributed by atoms with Gasteiger partial charge in [0.1, 0.15) is 5.76 Å². The molecule has 2 aromatic rings. The highest BCUT2D eigenvalue weighted by Gasteiger charge is 2.20. The number of carbonyl (C=O) groups is 2. The van der Waals surface area contributed by atoms with Crippen LogP contribution in [0, 0.1) is 13.8 Å². The molecule has 1 aromatic heterocycles. The number of hydrogen-bond acceptors (Lipinski definition) is 7. The quantitative estimate of drug-likeness (QED) is 0.424. The molecule has 0 aliphatic heterocycles. The van der Waals surface area contributed by atoms with Crippen molar-refractivity contribution in [2.75, 3.05) is 20.8 Å². The van der Waals surface area contributed by atoms with Gasteiger partial charge >= 0.3 is 5.97 Å². The second-order valence-corrected chi connectivity index (χ2v) is 6.07. The normalized spacial score (nSPS) is 11.1. The van der Waals surface area contributed by atoms with E-state index in [0.717, 1.165) is 11.1 Å². The van der Waals surface area contributed by atoms with Gasteiger partial charge in [-0.15, -0.1) is 0 Å². The minimum absolute atomic E-state index is 0.0984. The highest BCUT2D eigenvalue weighted by molar-refractivity contribution is 6.44. The van der Waals surface area contributed by atoms with E-state index in [2.05, 4.69) is 15.3 Å². The van der Waals surface area contributed by atoms with Gasteiger partial charge in [0, 0.05) is 13.5 Å². The van der Waals surface area contributed by atoms with Gasteiger partial charge < -0.3 is 24.0 Å². The molecule has 0 saturated heterocycles. The van der Waals surface area contributed by atoms with E-state index in [1.807, 2.05) is 19.1 Å². The van der Waals surface area contributed by atoms with Crippen LogP contribution >= 0.6 is 0 Å². The van der Waals surface area contributed by atoms with Gasteiger partial charge in [0.2, 0.25) is 5.71 Å². The number of nitrogens with one attached hydrogen (secondary N) is 1. The lowest BCUT2D eigenvalue weighted by molar-refractivity contribution is -0.140. The molecule has 0 saturated carbocycles. The number of oxime groups is 1. The van der Waals surface area contributed by atoms with Crippen molar-refractivity contribution >= 4 is 17.6 Å². The van der Waals surface area contributed by atoms with Crippen LogP contribution in [0.25, 0.3) is 0 Å². The average molecular weight is 388 g/mol. The minimum Gasteiger partial charge on any atom is -0.493 e. The van der Waals surface area contributed by atoms with Crippen LogP contribution in [0.1, 0.15) is 29.6 Å². The molecule has 0 radical (unpaired) electrons. The number of amides is 1. The van der Waals surface area contributed by atoms with Gasteiger partial charge in [-0.1, -0.05) is 11.2 Å². The standard InChI is InChI=1S/C20H24N2O6/c1-12-10-18(27-13(12)2)19(22-28-14(3)23)20(24)21-9-8-15-6-7-16(25-4)17(11-15)26-5/h6-7,10-11H,8-9H2,1-5H3,(H,21,24)/b22-19-. The predicted molar refractivity (Wildman–Crippen MR) is 103 cm³/mol. The number of methoxy groups -OCH3 is 2. The smallest absolute Gasteiger partial charge is 0.332 e. The maximum atomic E-state index is 12.6. The summed E-state index contributed by atoms with van der Waals surface area (Å²) < 4.78 is 16.0. The predicted octanol–water partition coefficient (Wildman–Crippen LogP) is 2.54. The summed E-state index contributed by atoms with van der Waals surface area (Å²) in [5.41, 5.74) is 1.73. The number of furan rings is 1. The maximum absolute atomic E-state index is 12.6. The Morgan fingerprint density at radius 2 is 1.82 bits per heavy atom. The lowest BCUT2D eigenvalue weighted by Gasteiger charge is -2.10. The van der Waals surface area contributed by atoms with Crippen LogP contribution < -0.4 is 14.8 Å². The minimum atomic E-state index is -0.629. The molecule has 0 spiro atoms. The summed E-state index contributed by atoms with van der Waals surface area (Å²) in [6, 6.07) is 7.21. The molecule has 1 aromatic carbocycles. The van der Waals surface area contributed by atoms with Crippen molar-refractivity contribution in [1.82, 2.24) is 5.32 Å². The summed E-state index contributed by atoms with van der Waals surface area (Å²) in [7, 11) is 3.13. The Kier molecular flexibility index (Phi) is 7.20. The molecule has 1 amide bonds. The number of hydrogen-bond donors (Lipinski definition) is 1. The van der Waals surface area contributed by atoms with E-state index < -0.39 is 11.9 Å². The molecule has 8 heteroatoms. The monoisotopic (exact) mass is 388 g/mol. The third-order valence-electron chi connectivity index (χ3n) is 4.03. The Bertz CT molecular complexity index is 865. The third kappa shape index (κ3) is 5.35. The molecule has 28 heavy (non-hydrogen) atoms. The van der Waals surface area contributed by atoms with Crippen molar-refractivity contribution in [2.24, 2.45) is 5.16 Å². The molecule has 1 N–H and O–H groups in total. The van der Waals surface area contributed by atoms with E-state index >= 15 is 0 Å². The summed E-state index contributed by atoms with van der Waals surface area (Å²) in [5.74, 6) is 1.01. The lowest BCUT2D eigenvalue weighted by atomic mass is 10.1. The Balaban J connectivity index is 2.07. The van der Waals surface area contributed by atoms with Crippen molar-refractivity contribution in [2.45, 2.75) is 27.2 Å². The van der Waals surface area contributed by atoms with Crippen molar-refractivity contribution in [3.63, 3.8) is 0 Å². The SMILES string of the molecule is COc1ccc(CCNC(=O)/C(=N\OC(C)=O)c2cc(C)c(C)o2)cc1OC. The maximum Gasteiger partial charge on any atom is 0.332 e. The first-order valence-electron chi connectivity index (χ1n) is 8.67. The molecule has 0 aliphatic rings. The molecule has 0 fully saturated rings. The van der Waals surface area contributed by atoms with Crippen LogP contribution in [0.5, 0.6) is 11.5 Å². The first-order chi connectivity index (χ1) is 13.3. The molecule has 0 unspecified atom stereocenters. The summed E-state index contributed by atoms with van der Waals surface area (Å²) in [6.45, 7) is 5.17. The van der Waals surface area contributed by atoms with Gasteiger partial charge in [-0.05, 0) is 49.6 Å². The zero-order chi connectivity index (χ0) is 20.7. The van der Waals surface area contributed by atoms with Gasteiger partial charge in [-0.3, -0.25) is 4.79 Å². The van der Waals surface area contributed by atoms with Gasteiger partial charge in [-0.2, -0.15) is 0 Å². The second kappa shape index (κ2) is 9.59. The zero-order valence-electron chi connectivity index (χ0n) is 16.6. The Morgan fingerprint density at radius 1 is 1.11 bits per heavy atom. The zero-order valence-corrected chi connectivity index (χ0v) is 16.6. The van der Waals surface area contributed by atoms with E-state index in [9.17, 15) is 9.59 Å². The van der Waals surface area contributed by atoms with E-state index in [1.165, 1.54) is 6.92 Å². The lowest BCUT2D eigenvalue weighted by Crippen LogP contribution is -2.33. The summed E-state index contributed by atoms with van der Waals surface area (Å²) >= 11 is 0. The number of aryl methyl sites for hydroxylation is 2. The van der Waals surface area contributed by atoms with Crippen LogP contribution in [0.2, 0.25) is 0 Å². The van der Waals surface area contributed by atoms with Crippen LogP contribution in [0.3, 0.4) is 0 Å². The number of ether oxygens (including phenoxy) is 2. The van der Waals surface area contributed by atoms with Crippen molar-refractivity contribution in [1.29, 1.82) is 0 Å². The molecule has 0 aliphatic carbocycles. The molecule has 0 bridgehead atoms. The van der Waals surface area contributed by atoms with Crippen molar-refractivity contribution in [3.05, 3.63) is 46.9 Å². The van der Waals surface area contributed by atoms with Crippen LogP contribution in [-0.2, 0) is 20.8 Å². The first-order valence-corrected chi connectivity index (χ1v) is 8.67. The van der Waals surface area contributed by atoms with E-state index in [4.69, 9.17) is 13.9 Å². The highest BCUT2D eigenvalue weighted by atomic mass is 16.7. The summed E-state index contributed by atoms with van der Waals surface area (Å²) in [5, 5.41) is 6.40. The number of carbonyl (C=O) groups excluding carboxylic acids is 2. The van der Waals surface area contributed by atoms with Crippen molar-refractivity contribution < 1.29 is 28.3 Å². The van der Waals surface area contributed by atoms with Crippen LogP contribution in [0.15, 0.2) is 33.8 Å². The topological polar surface area (TPSA) is 99.4 Å². The van der Waals surface area contributed by atoms with Gasteiger partial charge in [0.15, 0.2) is 17.3 Å². The molecule has 2 rings (SSSR count). The van der Waals surface area contributed by atoms with Crippen molar-refractivity contribution in [3.8, 4) is 11.5 Å². The molecule has 0 atom stereocenters. The molecular weight excluding hydrogens is 364 g/mol. The fourth-order valence-electron chi connectivity index (χ4n) is 2.44. The van der Waals surface area contributed by atoms with E-state index in [1.54, 1.807) is 33.3 Å². The second-order valence-electron chi connectivity index (χ2n) is 6.07. The number of rotatable bonds is 8. The Hall–Kier alpha value is -3.29. The van der Waals surface area contributed by atoms with Gasteiger partial charge in [-0.25, -0.2) is 4.79 Å². The largest absolute Gasteiger partial charge is 0.493 e. The fraction of sp³-hybridized carbons (Fsp3) is 0.350. The first kappa shape index (κ1) is 21.0. The Morgan fingerprint density at radius 3 is 2.39 bits per heavy atom. The Labute approximate surface area is 163 Å². The average Bonchev–Trinajstić information content (AvgIpc) is 2.99. The van der Waals surface area contributed by atoms with Gasteiger partial charge in [0.25, 0.3) is 5.91 Å².